The van der Waals surface area contributed by atoms with Crippen LogP contribution in [0.1, 0.15) is 11.1 Å². The number of carboxylic acid groups (broad SMARTS) is 1. The second-order valence-corrected chi connectivity index (χ2v) is 5.57. The molecule has 0 aliphatic carbocycles. The van der Waals surface area contributed by atoms with E-state index >= 15 is 0 Å². The molecule has 0 aliphatic rings. The number of carboxylic acids is 1. The van der Waals surface area contributed by atoms with Crippen molar-refractivity contribution in [1.29, 1.82) is 5.41 Å². The Hall–Kier alpha value is -2.94. The van der Waals surface area contributed by atoms with Crippen LogP contribution in [0.25, 0.3) is 0 Å². The van der Waals surface area contributed by atoms with Crippen LogP contribution < -0.4 is 15.8 Å². The van der Waals surface area contributed by atoms with E-state index in [1.165, 1.54) is 0 Å². The molecule has 0 radical (unpaired) electrons. The molecular weight excluding hydrogens is 387 g/mol. The highest BCUT2D eigenvalue weighted by molar-refractivity contribution is 6.30. The molecule has 0 aliphatic heterocycles. The number of nitrogens with one attached hydrogen (secondary N) is 2. The summed E-state index contributed by atoms with van der Waals surface area (Å²) in [5.41, 5.74) is 7.28. The molecule has 0 spiro atoms. The molecule has 2 aromatic rings. The second kappa shape index (κ2) is 10.3. The summed E-state index contributed by atoms with van der Waals surface area (Å²) in [7, 11) is 0. The molecule has 0 heterocycles. The number of ether oxygens (including phenoxy) is 1. The van der Waals surface area contributed by atoms with Gasteiger partial charge in [-0.25, -0.2) is 4.79 Å². The average Bonchev–Trinajstić information content (AvgIpc) is 2.58. The van der Waals surface area contributed by atoms with E-state index in [-0.39, 0.29) is 5.96 Å². The summed E-state index contributed by atoms with van der Waals surface area (Å²) in [6.45, 7) is 0.966. The van der Waals surface area contributed by atoms with Crippen molar-refractivity contribution in [2.24, 2.45) is 5.73 Å². The van der Waals surface area contributed by atoms with Crippen LogP contribution in [0.15, 0.2) is 48.5 Å². The fourth-order valence-corrected chi connectivity index (χ4v) is 1.95. The molecule has 0 aromatic heterocycles. The zero-order valence-electron chi connectivity index (χ0n) is 13.9. The van der Waals surface area contributed by atoms with Crippen LogP contribution >= 0.6 is 11.6 Å². The Balaban J connectivity index is 0.000000445. The first-order valence-electron chi connectivity index (χ1n) is 7.42. The molecule has 0 unspecified atom stereocenters. The van der Waals surface area contributed by atoms with Crippen LogP contribution in [0.2, 0.25) is 5.02 Å². The quantitative estimate of drug-likeness (QED) is 0.451. The topological polar surface area (TPSA) is 108 Å². The molecule has 0 atom stereocenters. The van der Waals surface area contributed by atoms with Gasteiger partial charge in [-0.05, 0) is 35.4 Å². The van der Waals surface area contributed by atoms with Crippen LogP contribution in [0.5, 0.6) is 5.75 Å². The molecule has 10 heteroatoms. The Morgan fingerprint density at radius 1 is 1.19 bits per heavy atom. The Bertz CT molecular complexity index is 785. The predicted octanol–water partition coefficient (Wildman–Crippen LogP) is 3.54. The first kappa shape index (κ1) is 22.1. The third kappa shape index (κ3) is 9.36. The number of halogens is 4. The van der Waals surface area contributed by atoms with Gasteiger partial charge in [0.2, 0.25) is 0 Å². The summed E-state index contributed by atoms with van der Waals surface area (Å²) >= 11 is 5.93. The van der Waals surface area contributed by atoms with Crippen molar-refractivity contribution in [1.82, 2.24) is 5.32 Å². The number of carbonyl (C=O) groups is 1. The number of aliphatic carboxylic acids is 1. The number of benzene rings is 2. The summed E-state index contributed by atoms with van der Waals surface area (Å²) in [5.74, 6) is -2.03. The van der Waals surface area contributed by atoms with Crippen molar-refractivity contribution in [3.05, 3.63) is 64.7 Å². The third-order valence-corrected chi connectivity index (χ3v) is 3.15. The van der Waals surface area contributed by atoms with Crippen molar-refractivity contribution >= 4 is 23.5 Å². The Kier molecular flexibility index (Phi) is 8.40. The van der Waals surface area contributed by atoms with E-state index in [2.05, 4.69) is 5.32 Å². The van der Waals surface area contributed by atoms with Gasteiger partial charge in [-0.3, -0.25) is 5.41 Å². The minimum atomic E-state index is -5.08. The average molecular weight is 404 g/mol. The molecule has 27 heavy (non-hydrogen) atoms. The molecular formula is C17H17ClF3N3O3. The van der Waals surface area contributed by atoms with E-state index < -0.39 is 12.1 Å². The van der Waals surface area contributed by atoms with Crippen molar-refractivity contribution < 1.29 is 27.8 Å². The minimum absolute atomic E-state index is 0.0461. The molecule has 5 N–H and O–H groups in total. The van der Waals surface area contributed by atoms with Gasteiger partial charge in [-0.2, -0.15) is 13.2 Å². The van der Waals surface area contributed by atoms with Crippen molar-refractivity contribution in [2.75, 3.05) is 0 Å². The lowest BCUT2D eigenvalue weighted by atomic mass is 10.2. The van der Waals surface area contributed by atoms with Crippen molar-refractivity contribution in [2.45, 2.75) is 19.3 Å². The van der Waals surface area contributed by atoms with Crippen molar-refractivity contribution in [3.8, 4) is 5.75 Å². The highest BCUT2D eigenvalue weighted by Crippen LogP contribution is 2.17. The maximum Gasteiger partial charge on any atom is 0.490 e. The fraction of sp³-hybridized carbons (Fsp3) is 0.176. The highest BCUT2D eigenvalue weighted by atomic mass is 35.5. The lowest BCUT2D eigenvalue weighted by Gasteiger charge is -2.09. The highest BCUT2D eigenvalue weighted by Gasteiger charge is 2.38. The first-order chi connectivity index (χ1) is 12.6. The van der Waals surface area contributed by atoms with E-state index in [4.69, 9.17) is 37.4 Å². The molecule has 0 saturated heterocycles. The monoisotopic (exact) mass is 403 g/mol. The smallest absolute Gasteiger partial charge is 0.489 e. The molecule has 0 saturated carbocycles. The normalized spacial score (nSPS) is 10.4. The number of alkyl halides is 3. The standard InChI is InChI=1S/C15H16ClN3O.C2HF3O2/c16-13-5-1-4-12(7-13)10-20-14-6-2-3-11(8-14)9-19-15(17)18;3-2(4,5)1(6)7/h1-8H,9-10H2,(H4,17,18,19);(H,6,7). The number of rotatable bonds is 5. The second-order valence-electron chi connectivity index (χ2n) is 5.14. The Morgan fingerprint density at radius 3 is 2.33 bits per heavy atom. The minimum Gasteiger partial charge on any atom is -0.489 e. The zero-order chi connectivity index (χ0) is 20.4. The maximum absolute atomic E-state index is 10.6. The molecule has 146 valence electrons. The van der Waals surface area contributed by atoms with Crippen LogP contribution in [0, 0.1) is 5.41 Å². The summed E-state index contributed by atoms with van der Waals surface area (Å²) < 4.78 is 37.5. The molecule has 0 bridgehead atoms. The Labute approximate surface area is 158 Å². The predicted molar refractivity (Wildman–Crippen MR) is 94.7 cm³/mol. The van der Waals surface area contributed by atoms with E-state index in [9.17, 15) is 13.2 Å². The van der Waals surface area contributed by atoms with Gasteiger partial charge in [0.15, 0.2) is 5.96 Å². The molecule has 6 nitrogen and oxygen atoms in total. The van der Waals surface area contributed by atoms with E-state index in [0.29, 0.717) is 18.2 Å². The molecule has 2 rings (SSSR count). The van der Waals surface area contributed by atoms with Gasteiger partial charge in [0.25, 0.3) is 0 Å². The largest absolute Gasteiger partial charge is 0.490 e. The van der Waals surface area contributed by atoms with Gasteiger partial charge in [0.05, 0.1) is 0 Å². The lowest BCUT2D eigenvalue weighted by molar-refractivity contribution is -0.192. The molecule has 2 aromatic carbocycles. The summed E-state index contributed by atoms with van der Waals surface area (Å²) in [4.78, 5) is 8.90. The number of hydrogen-bond acceptors (Lipinski definition) is 3. The zero-order valence-corrected chi connectivity index (χ0v) is 14.6. The van der Waals surface area contributed by atoms with E-state index in [0.717, 1.165) is 16.9 Å². The lowest BCUT2D eigenvalue weighted by Crippen LogP contribution is -2.29. The first-order valence-corrected chi connectivity index (χ1v) is 7.80. The van der Waals surface area contributed by atoms with Crippen LogP contribution in [0.4, 0.5) is 13.2 Å². The fourth-order valence-electron chi connectivity index (χ4n) is 1.74. The summed E-state index contributed by atoms with van der Waals surface area (Å²) in [6.07, 6.45) is -5.08. The van der Waals surface area contributed by atoms with Crippen molar-refractivity contribution in [3.63, 3.8) is 0 Å². The summed E-state index contributed by atoms with van der Waals surface area (Å²) in [5, 5.41) is 17.7. The molecule has 0 fully saturated rings. The number of guanidine groups is 1. The van der Waals surface area contributed by atoms with Gasteiger partial charge < -0.3 is 20.9 Å². The molecule has 0 amide bonds. The van der Waals surface area contributed by atoms with Gasteiger partial charge in [0, 0.05) is 11.6 Å². The Morgan fingerprint density at radius 2 is 1.78 bits per heavy atom. The third-order valence-electron chi connectivity index (χ3n) is 2.92. The summed E-state index contributed by atoms with van der Waals surface area (Å²) in [6, 6.07) is 15.2. The van der Waals surface area contributed by atoms with Crippen LogP contribution in [-0.4, -0.2) is 23.2 Å². The van der Waals surface area contributed by atoms with E-state index in [1.54, 1.807) is 0 Å². The van der Waals surface area contributed by atoms with Crippen LogP contribution in [0.3, 0.4) is 0 Å². The van der Waals surface area contributed by atoms with E-state index in [1.807, 2.05) is 48.5 Å². The van der Waals surface area contributed by atoms with Gasteiger partial charge in [0.1, 0.15) is 12.4 Å². The van der Waals surface area contributed by atoms with Gasteiger partial charge in [-0.1, -0.05) is 35.9 Å². The number of hydrogen-bond donors (Lipinski definition) is 4. The van der Waals surface area contributed by atoms with Gasteiger partial charge in [-0.15, -0.1) is 0 Å². The van der Waals surface area contributed by atoms with Crippen LogP contribution in [-0.2, 0) is 17.9 Å². The number of nitrogens with two attached hydrogens (primary N) is 1. The SMILES string of the molecule is N=C(N)NCc1cccc(OCc2cccc(Cl)c2)c1.O=C(O)C(F)(F)F. The maximum atomic E-state index is 10.6. The van der Waals surface area contributed by atoms with Gasteiger partial charge >= 0.3 is 12.1 Å².